The summed E-state index contributed by atoms with van der Waals surface area (Å²) in [5, 5.41) is 0. The fraction of sp³-hybridized carbons (Fsp3) is 0.333. The maximum atomic E-state index is 5.83. The molecule has 112 valence electrons. The lowest BCUT2D eigenvalue weighted by atomic mass is 9.92. The summed E-state index contributed by atoms with van der Waals surface area (Å²) >= 11 is 0. The fourth-order valence-electron chi connectivity index (χ4n) is 2.61. The summed E-state index contributed by atoms with van der Waals surface area (Å²) in [6.07, 6.45) is 0. The first-order chi connectivity index (χ1) is 10.1. The Hall–Kier alpha value is -1.84. The molecule has 0 fully saturated rings. The van der Waals surface area contributed by atoms with Gasteiger partial charge in [-0.15, -0.1) is 0 Å². The van der Waals surface area contributed by atoms with Gasteiger partial charge in [-0.3, -0.25) is 5.84 Å². The van der Waals surface area contributed by atoms with Crippen LogP contribution in [0.3, 0.4) is 0 Å². The number of rotatable bonds is 5. The topological polar surface area (TPSA) is 47.3 Å². The van der Waals surface area contributed by atoms with Crippen molar-refractivity contribution in [2.24, 2.45) is 5.84 Å². The predicted molar refractivity (Wildman–Crippen MR) is 87.4 cm³/mol. The molecule has 0 amide bonds. The van der Waals surface area contributed by atoms with Crippen molar-refractivity contribution in [3.63, 3.8) is 0 Å². The van der Waals surface area contributed by atoms with Crippen molar-refractivity contribution in [1.82, 2.24) is 5.43 Å². The largest absolute Gasteiger partial charge is 0.494 e. The van der Waals surface area contributed by atoms with Crippen molar-refractivity contribution >= 4 is 0 Å². The van der Waals surface area contributed by atoms with Crippen LogP contribution in [0.1, 0.15) is 40.8 Å². The maximum absolute atomic E-state index is 5.83. The predicted octanol–water partition coefficient (Wildman–Crippen LogP) is 3.56. The van der Waals surface area contributed by atoms with Crippen molar-refractivity contribution in [3.8, 4) is 5.75 Å². The van der Waals surface area contributed by atoms with Crippen LogP contribution in [-0.4, -0.2) is 6.61 Å². The average molecular weight is 284 g/mol. The van der Waals surface area contributed by atoms with Crippen molar-refractivity contribution in [3.05, 3.63) is 64.2 Å². The summed E-state index contributed by atoms with van der Waals surface area (Å²) in [7, 11) is 0. The average Bonchev–Trinajstić information content (AvgIpc) is 2.46. The third-order valence-corrected chi connectivity index (χ3v) is 3.86. The molecular formula is C18H24N2O. The number of benzene rings is 2. The van der Waals surface area contributed by atoms with E-state index in [1.165, 1.54) is 22.3 Å². The second kappa shape index (κ2) is 6.74. The molecule has 0 aliphatic rings. The lowest BCUT2D eigenvalue weighted by Crippen LogP contribution is -2.29. The first-order valence-corrected chi connectivity index (χ1v) is 7.33. The minimum atomic E-state index is -0.0373. The molecule has 0 spiro atoms. The van der Waals surface area contributed by atoms with E-state index in [1.807, 2.05) is 25.1 Å². The minimum Gasteiger partial charge on any atom is -0.494 e. The molecule has 0 aliphatic heterocycles. The minimum absolute atomic E-state index is 0.0373. The molecule has 1 atom stereocenters. The van der Waals surface area contributed by atoms with Gasteiger partial charge in [0.05, 0.1) is 12.6 Å². The van der Waals surface area contributed by atoms with Crippen molar-refractivity contribution in [2.45, 2.75) is 33.7 Å². The van der Waals surface area contributed by atoms with Crippen LogP contribution in [0.5, 0.6) is 5.75 Å². The van der Waals surface area contributed by atoms with Gasteiger partial charge in [0.2, 0.25) is 0 Å². The van der Waals surface area contributed by atoms with Crippen LogP contribution >= 0.6 is 0 Å². The molecular weight excluding hydrogens is 260 g/mol. The van der Waals surface area contributed by atoms with Crippen LogP contribution in [0.4, 0.5) is 0 Å². The summed E-state index contributed by atoms with van der Waals surface area (Å²) in [4.78, 5) is 0. The highest BCUT2D eigenvalue weighted by atomic mass is 16.5. The molecule has 2 aromatic carbocycles. The molecule has 0 saturated carbocycles. The van der Waals surface area contributed by atoms with E-state index in [9.17, 15) is 0 Å². The van der Waals surface area contributed by atoms with E-state index >= 15 is 0 Å². The molecule has 1 unspecified atom stereocenters. The van der Waals surface area contributed by atoms with Gasteiger partial charge in [-0.25, -0.2) is 5.43 Å². The fourth-order valence-corrected chi connectivity index (χ4v) is 2.61. The normalized spacial score (nSPS) is 12.2. The number of hydrazine groups is 1. The van der Waals surface area contributed by atoms with Crippen LogP contribution in [0, 0.1) is 20.8 Å². The van der Waals surface area contributed by atoms with Crippen LogP contribution in [-0.2, 0) is 0 Å². The Labute approximate surface area is 127 Å². The van der Waals surface area contributed by atoms with Gasteiger partial charge in [-0.2, -0.15) is 0 Å². The third-order valence-electron chi connectivity index (χ3n) is 3.86. The smallest absolute Gasteiger partial charge is 0.119 e. The van der Waals surface area contributed by atoms with Crippen LogP contribution < -0.4 is 16.0 Å². The van der Waals surface area contributed by atoms with Gasteiger partial charge in [-0.1, -0.05) is 24.3 Å². The van der Waals surface area contributed by atoms with Crippen LogP contribution in [0.25, 0.3) is 0 Å². The lowest BCUT2D eigenvalue weighted by molar-refractivity contribution is 0.339. The van der Waals surface area contributed by atoms with Crippen molar-refractivity contribution in [1.29, 1.82) is 0 Å². The number of ether oxygens (including phenoxy) is 1. The van der Waals surface area contributed by atoms with Crippen LogP contribution in [0.15, 0.2) is 36.4 Å². The Morgan fingerprint density at radius 3 is 2.43 bits per heavy atom. The second-order valence-corrected chi connectivity index (χ2v) is 5.40. The Kier molecular flexibility index (Phi) is 4.99. The lowest BCUT2D eigenvalue weighted by Gasteiger charge is -2.21. The molecule has 0 heterocycles. The summed E-state index contributed by atoms with van der Waals surface area (Å²) in [6, 6.07) is 12.5. The summed E-state index contributed by atoms with van der Waals surface area (Å²) in [5.41, 5.74) is 9.06. The van der Waals surface area contributed by atoms with E-state index in [0.717, 1.165) is 11.3 Å². The SMILES string of the molecule is CCOc1cccc(C(NN)c2cc(C)c(C)cc2C)c1. The zero-order chi connectivity index (χ0) is 15.4. The highest BCUT2D eigenvalue weighted by Gasteiger charge is 2.16. The zero-order valence-corrected chi connectivity index (χ0v) is 13.2. The van der Waals surface area contributed by atoms with E-state index < -0.39 is 0 Å². The summed E-state index contributed by atoms with van der Waals surface area (Å²) in [6.45, 7) is 9.03. The standard InChI is InChI=1S/C18H24N2O/c1-5-21-16-8-6-7-15(11-16)18(20-19)17-10-13(3)12(2)9-14(17)4/h6-11,18,20H,5,19H2,1-4H3. The number of nitrogens with one attached hydrogen (secondary N) is 1. The second-order valence-electron chi connectivity index (χ2n) is 5.40. The van der Waals surface area contributed by atoms with E-state index in [0.29, 0.717) is 6.61 Å². The molecule has 3 heteroatoms. The molecule has 3 N–H and O–H groups in total. The molecule has 0 saturated heterocycles. The summed E-state index contributed by atoms with van der Waals surface area (Å²) in [5.74, 6) is 6.70. The van der Waals surface area contributed by atoms with Gasteiger partial charge in [0, 0.05) is 0 Å². The molecule has 0 aliphatic carbocycles. The Balaban J connectivity index is 2.44. The molecule has 3 nitrogen and oxygen atoms in total. The van der Waals surface area contributed by atoms with Gasteiger partial charge in [-0.05, 0) is 67.6 Å². The first kappa shape index (κ1) is 15.5. The van der Waals surface area contributed by atoms with Crippen molar-refractivity contribution in [2.75, 3.05) is 6.61 Å². The highest BCUT2D eigenvalue weighted by Crippen LogP contribution is 2.28. The van der Waals surface area contributed by atoms with Gasteiger partial charge in [0.25, 0.3) is 0 Å². The van der Waals surface area contributed by atoms with E-state index in [2.05, 4.69) is 44.4 Å². The monoisotopic (exact) mass is 284 g/mol. The maximum Gasteiger partial charge on any atom is 0.119 e. The number of aryl methyl sites for hydroxylation is 3. The molecule has 2 aromatic rings. The summed E-state index contributed by atoms with van der Waals surface area (Å²) < 4.78 is 5.58. The van der Waals surface area contributed by atoms with E-state index in [4.69, 9.17) is 10.6 Å². The van der Waals surface area contributed by atoms with E-state index in [-0.39, 0.29) is 6.04 Å². The molecule has 0 radical (unpaired) electrons. The van der Waals surface area contributed by atoms with Gasteiger partial charge in [0.1, 0.15) is 5.75 Å². The third kappa shape index (κ3) is 3.43. The van der Waals surface area contributed by atoms with Gasteiger partial charge in [0.15, 0.2) is 0 Å². The van der Waals surface area contributed by atoms with E-state index in [1.54, 1.807) is 0 Å². The molecule has 0 bridgehead atoms. The van der Waals surface area contributed by atoms with Crippen molar-refractivity contribution < 1.29 is 4.74 Å². The quantitative estimate of drug-likeness (QED) is 0.652. The number of hydrogen-bond donors (Lipinski definition) is 2. The number of hydrogen-bond acceptors (Lipinski definition) is 3. The van der Waals surface area contributed by atoms with Gasteiger partial charge >= 0.3 is 0 Å². The Bertz CT molecular complexity index is 623. The van der Waals surface area contributed by atoms with Gasteiger partial charge < -0.3 is 4.74 Å². The molecule has 21 heavy (non-hydrogen) atoms. The van der Waals surface area contributed by atoms with Crippen LogP contribution in [0.2, 0.25) is 0 Å². The molecule has 2 rings (SSSR count). The zero-order valence-electron chi connectivity index (χ0n) is 13.2. The number of nitrogens with two attached hydrogens (primary N) is 1. The Morgan fingerprint density at radius 2 is 1.76 bits per heavy atom. The highest BCUT2D eigenvalue weighted by molar-refractivity contribution is 5.43. The molecule has 0 aromatic heterocycles. The first-order valence-electron chi connectivity index (χ1n) is 7.33. The Morgan fingerprint density at radius 1 is 1.05 bits per heavy atom.